The van der Waals surface area contributed by atoms with Crippen LogP contribution in [-0.4, -0.2) is 0 Å². The molecule has 0 spiro atoms. The van der Waals surface area contributed by atoms with Crippen molar-refractivity contribution >= 4 is 0 Å². The van der Waals surface area contributed by atoms with Crippen LogP contribution in [0, 0.1) is 18.6 Å². The summed E-state index contributed by atoms with van der Waals surface area (Å²) in [4.78, 5) is 0. The van der Waals surface area contributed by atoms with E-state index in [9.17, 15) is 8.78 Å². The molecule has 0 N–H and O–H groups in total. The van der Waals surface area contributed by atoms with E-state index in [2.05, 4.69) is 0 Å². The first-order chi connectivity index (χ1) is 8.66. The first-order valence-electron chi connectivity index (χ1n) is 5.85. The van der Waals surface area contributed by atoms with E-state index < -0.39 is 11.6 Å². The fourth-order valence-corrected chi connectivity index (χ4v) is 1.39. The van der Waals surface area contributed by atoms with Crippen LogP contribution in [-0.2, 0) is 0 Å². The molecule has 0 aliphatic heterocycles. The van der Waals surface area contributed by atoms with Crippen LogP contribution in [0.5, 0.6) is 11.5 Å². The molecule has 0 amide bonds. The Morgan fingerprint density at radius 3 is 1.89 bits per heavy atom. The second-order valence-electron chi connectivity index (χ2n) is 3.47. The zero-order chi connectivity index (χ0) is 13.5. The number of hydrogen-bond acceptors (Lipinski definition) is 1. The van der Waals surface area contributed by atoms with Gasteiger partial charge in [-0.2, -0.15) is 0 Å². The van der Waals surface area contributed by atoms with Gasteiger partial charge in [-0.1, -0.05) is 32.0 Å². The number of ether oxygens (including phenoxy) is 1. The highest BCUT2D eigenvalue weighted by Crippen LogP contribution is 2.28. The maximum Gasteiger partial charge on any atom is 0.198 e. The summed E-state index contributed by atoms with van der Waals surface area (Å²) < 4.78 is 32.0. The second-order valence-corrected chi connectivity index (χ2v) is 3.47. The Hall–Kier alpha value is -1.90. The first kappa shape index (κ1) is 14.2. The largest absolute Gasteiger partial charge is 0.451 e. The fraction of sp³-hybridized carbons (Fsp3) is 0.200. The molecule has 96 valence electrons. The Balaban J connectivity index is 0.000000771. The predicted octanol–water partition coefficient (Wildman–Crippen LogP) is 5.09. The minimum Gasteiger partial charge on any atom is -0.451 e. The minimum absolute atomic E-state index is 0.364. The van der Waals surface area contributed by atoms with Crippen molar-refractivity contribution in [1.29, 1.82) is 0 Å². The highest BCUT2D eigenvalue weighted by molar-refractivity contribution is 5.35. The van der Waals surface area contributed by atoms with Gasteiger partial charge in [0.25, 0.3) is 0 Å². The molecule has 0 radical (unpaired) electrons. The fourth-order valence-electron chi connectivity index (χ4n) is 1.39. The van der Waals surface area contributed by atoms with E-state index >= 15 is 0 Å². The van der Waals surface area contributed by atoms with Crippen molar-refractivity contribution in [2.75, 3.05) is 0 Å². The van der Waals surface area contributed by atoms with Crippen molar-refractivity contribution < 1.29 is 13.5 Å². The lowest BCUT2D eigenvalue weighted by molar-refractivity contribution is 0.407. The molecule has 0 heterocycles. The molecule has 1 nitrogen and oxygen atoms in total. The van der Waals surface area contributed by atoms with Crippen LogP contribution in [0.15, 0.2) is 42.5 Å². The lowest BCUT2D eigenvalue weighted by atomic mass is 10.2. The summed E-state index contributed by atoms with van der Waals surface area (Å²) in [6.45, 7) is 5.62. The summed E-state index contributed by atoms with van der Waals surface area (Å²) in [6, 6.07) is 11.0. The van der Waals surface area contributed by atoms with Crippen LogP contribution in [0.1, 0.15) is 19.4 Å². The maximum atomic E-state index is 13.4. The van der Waals surface area contributed by atoms with Gasteiger partial charge in [-0.05, 0) is 36.8 Å². The highest BCUT2D eigenvalue weighted by Gasteiger charge is 2.11. The van der Waals surface area contributed by atoms with Crippen LogP contribution >= 0.6 is 0 Å². The lowest BCUT2D eigenvalue weighted by Gasteiger charge is -2.08. The number of hydrogen-bond donors (Lipinski definition) is 0. The SMILES string of the molecule is CC.Cc1cc(F)c(Oc2ccccc2)c(F)c1. The summed E-state index contributed by atoms with van der Waals surface area (Å²) >= 11 is 0. The standard InChI is InChI=1S/C13H10F2O.C2H6/c1-9-7-11(14)13(12(15)8-9)16-10-5-3-2-4-6-10;1-2/h2-8H,1H3;1-2H3. The zero-order valence-corrected chi connectivity index (χ0v) is 10.7. The Kier molecular flexibility index (Phi) is 5.31. The predicted molar refractivity (Wildman–Crippen MR) is 69.0 cm³/mol. The normalized spacial score (nSPS) is 9.39. The molecule has 0 aliphatic carbocycles. The Morgan fingerprint density at radius 2 is 1.39 bits per heavy atom. The van der Waals surface area contributed by atoms with Crippen molar-refractivity contribution in [3.8, 4) is 11.5 Å². The topological polar surface area (TPSA) is 9.23 Å². The van der Waals surface area contributed by atoms with Gasteiger partial charge < -0.3 is 4.74 Å². The third kappa shape index (κ3) is 3.55. The van der Waals surface area contributed by atoms with E-state index in [4.69, 9.17) is 4.74 Å². The van der Waals surface area contributed by atoms with Crippen molar-refractivity contribution in [1.82, 2.24) is 0 Å². The molecule has 3 heteroatoms. The molecule has 0 aromatic heterocycles. The summed E-state index contributed by atoms with van der Waals surface area (Å²) in [5, 5.41) is 0. The van der Waals surface area contributed by atoms with Gasteiger partial charge in [-0.25, -0.2) is 8.78 Å². The monoisotopic (exact) mass is 250 g/mol. The third-order valence-electron chi connectivity index (χ3n) is 2.11. The number of rotatable bonds is 2. The molecular formula is C15H16F2O. The Morgan fingerprint density at radius 1 is 0.889 bits per heavy atom. The number of para-hydroxylation sites is 1. The molecule has 18 heavy (non-hydrogen) atoms. The Bertz CT molecular complexity index is 472. The smallest absolute Gasteiger partial charge is 0.198 e. The summed E-state index contributed by atoms with van der Waals surface area (Å²) in [5.74, 6) is -1.34. The molecule has 0 bridgehead atoms. The molecule has 0 saturated carbocycles. The van der Waals surface area contributed by atoms with Gasteiger partial charge in [0.15, 0.2) is 17.4 Å². The molecular weight excluding hydrogens is 234 g/mol. The maximum absolute atomic E-state index is 13.4. The van der Waals surface area contributed by atoms with Crippen molar-refractivity contribution in [3.05, 3.63) is 59.7 Å². The summed E-state index contributed by atoms with van der Waals surface area (Å²) in [7, 11) is 0. The van der Waals surface area contributed by atoms with Gasteiger partial charge in [0, 0.05) is 0 Å². The van der Waals surface area contributed by atoms with E-state index in [1.807, 2.05) is 13.8 Å². The molecule has 0 atom stereocenters. The van der Waals surface area contributed by atoms with Crippen LogP contribution in [0.4, 0.5) is 8.78 Å². The summed E-state index contributed by atoms with van der Waals surface area (Å²) in [6.07, 6.45) is 0. The van der Waals surface area contributed by atoms with E-state index in [0.29, 0.717) is 11.3 Å². The van der Waals surface area contributed by atoms with Gasteiger partial charge >= 0.3 is 0 Å². The highest BCUT2D eigenvalue weighted by atomic mass is 19.1. The number of halogens is 2. The average Bonchev–Trinajstić information content (AvgIpc) is 2.37. The quantitative estimate of drug-likeness (QED) is 0.721. The zero-order valence-electron chi connectivity index (χ0n) is 10.7. The van der Waals surface area contributed by atoms with E-state index in [1.165, 1.54) is 12.1 Å². The summed E-state index contributed by atoms with van der Waals surface area (Å²) in [5.41, 5.74) is 0.524. The first-order valence-corrected chi connectivity index (χ1v) is 5.85. The van der Waals surface area contributed by atoms with Gasteiger partial charge in [0.1, 0.15) is 5.75 Å². The Labute approximate surface area is 106 Å². The molecule has 2 rings (SSSR count). The molecule has 0 unspecified atom stereocenters. The lowest BCUT2D eigenvalue weighted by Crippen LogP contribution is -1.93. The molecule has 0 saturated heterocycles. The minimum atomic E-state index is -0.693. The molecule has 0 fully saturated rings. The van der Waals surface area contributed by atoms with Gasteiger partial charge in [0.05, 0.1) is 0 Å². The van der Waals surface area contributed by atoms with Crippen molar-refractivity contribution in [2.24, 2.45) is 0 Å². The van der Waals surface area contributed by atoms with Crippen LogP contribution in [0.3, 0.4) is 0 Å². The molecule has 2 aromatic rings. The van der Waals surface area contributed by atoms with Crippen LogP contribution in [0.25, 0.3) is 0 Å². The number of aryl methyl sites for hydroxylation is 1. The average molecular weight is 250 g/mol. The van der Waals surface area contributed by atoms with E-state index in [0.717, 1.165) is 0 Å². The molecule has 0 aliphatic rings. The molecule has 2 aromatic carbocycles. The van der Waals surface area contributed by atoms with Gasteiger partial charge in [0.2, 0.25) is 0 Å². The van der Waals surface area contributed by atoms with E-state index in [-0.39, 0.29) is 5.75 Å². The van der Waals surface area contributed by atoms with Gasteiger partial charge in [-0.15, -0.1) is 0 Å². The van der Waals surface area contributed by atoms with Crippen molar-refractivity contribution in [3.63, 3.8) is 0 Å². The van der Waals surface area contributed by atoms with Crippen LogP contribution < -0.4 is 4.74 Å². The van der Waals surface area contributed by atoms with Crippen LogP contribution in [0.2, 0.25) is 0 Å². The van der Waals surface area contributed by atoms with Gasteiger partial charge in [-0.3, -0.25) is 0 Å². The number of benzene rings is 2. The van der Waals surface area contributed by atoms with E-state index in [1.54, 1.807) is 37.3 Å². The van der Waals surface area contributed by atoms with Crippen molar-refractivity contribution in [2.45, 2.75) is 20.8 Å². The second kappa shape index (κ2) is 6.74. The third-order valence-corrected chi connectivity index (χ3v) is 2.11.